The fraction of sp³-hybridized carbons (Fsp3) is 0.0714. The molecule has 1 aromatic heterocycles. The van der Waals surface area contributed by atoms with Crippen LogP contribution in [0, 0.1) is 6.92 Å². The molecule has 1 heterocycles. The fourth-order valence-electron chi connectivity index (χ4n) is 2.07. The van der Waals surface area contributed by atoms with E-state index in [0.717, 1.165) is 21.3 Å². The molecule has 0 fully saturated rings. The third-order valence-electron chi connectivity index (χ3n) is 3.25. The van der Waals surface area contributed by atoms with Crippen molar-refractivity contribution in [1.29, 1.82) is 0 Å². The van der Waals surface area contributed by atoms with Gasteiger partial charge in [0.1, 0.15) is 0 Å². The van der Waals surface area contributed by atoms with E-state index in [-0.39, 0.29) is 0 Å². The first-order valence-corrected chi connectivity index (χ1v) is 7.35. The number of anilines is 1. The first-order chi connectivity index (χ1) is 10.1. The predicted octanol–water partition coefficient (Wildman–Crippen LogP) is 3.64. The molecule has 3 rings (SSSR count). The second-order valence-corrected chi connectivity index (χ2v) is 5.71. The van der Waals surface area contributed by atoms with E-state index in [0.29, 0.717) is 16.5 Å². The molecule has 0 saturated heterocycles. The molecule has 0 aliphatic heterocycles. The van der Waals surface area contributed by atoms with Crippen molar-refractivity contribution >= 4 is 33.2 Å². The molecule has 5 nitrogen and oxygen atoms in total. The highest BCUT2D eigenvalue weighted by Crippen LogP contribution is 2.32. The van der Waals surface area contributed by atoms with Crippen molar-refractivity contribution < 1.29 is 0 Å². The minimum atomic E-state index is 0.596. The van der Waals surface area contributed by atoms with Crippen LogP contribution in [0.1, 0.15) is 5.56 Å². The van der Waals surface area contributed by atoms with Crippen LogP contribution >= 0.6 is 27.5 Å². The van der Waals surface area contributed by atoms with Gasteiger partial charge in [-0.3, -0.25) is 0 Å². The molecule has 0 atom stereocenters. The third kappa shape index (κ3) is 2.41. The molecule has 7 heteroatoms. The van der Waals surface area contributed by atoms with Gasteiger partial charge in [0.2, 0.25) is 0 Å². The first kappa shape index (κ1) is 14.0. The van der Waals surface area contributed by atoms with E-state index >= 15 is 0 Å². The first-order valence-electron chi connectivity index (χ1n) is 6.18. The largest absolute Gasteiger partial charge is 0.398 e. The maximum absolute atomic E-state index is 6.14. The zero-order valence-electron chi connectivity index (χ0n) is 11.1. The Balaban J connectivity index is 2.22. The molecule has 0 amide bonds. The number of nitrogen functional groups attached to an aromatic ring is 1. The summed E-state index contributed by atoms with van der Waals surface area (Å²) in [5, 5.41) is 12.5. The van der Waals surface area contributed by atoms with Crippen molar-refractivity contribution in [1.82, 2.24) is 20.2 Å². The molecule has 0 aliphatic carbocycles. The number of nitrogens with two attached hydrogens (primary N) is 1. The van der Waals surface area contributed by atoms with E-state index < -0.39 is 0 Å². The number of aromatic nitrogens is 4. The van der Waals surface area contributed by atoms with E-state index in [9.17, 15) is 0 Å². The topological polar surface area (TPSA) is 69.6 Å². The summed E-state index contributed by atoms with van der Waals surface area (Å²) in [7, 11) is 0. The van der Waals surface area contributed by atoms with Gasteiger partial charge < -0.3 is 5.73 Å². The highest BCUT2D eigenvalue weighted by molar-refractivity contribution is 9.10. The Morgan fingerprint density at radius 1 is 1.19 bits per heavy atom. The Morgan fingerprint density at radius 3 is 2.76 bits per heavy atom. The standard InChI is InChI=1S/C14H11BrClN5/c1-8-9(4-2-6-11(8)17)14-18-19-20-21(14)12-7-3-5-10(16)13(12)15/h2-7H,17H2,1H3. The third-order valence-corrected chi connectivity index (χ3v) is 4.62. The summed E-state index contributed by atoms with van der Waals surface area (Å²) in [6.45, 7) is 1.94. The molecule has 106 valence electrons. The van der Waals surface area contributed by atoms with E-state index in [1.807, 2.05) is 37.3 Å². The molecule has 21 heavy (non-hydrogen) atoms. The van der Waals surface area contributed by atoms with Crippen molar-refractivity contribution in [2.75, 3.05) is 5.73 Å². The Hall–Kier alpha value is -1.92. The number of hydrogen-bond acceptors (Lipinski definition) is 4. The number of benzene rings is 2. The normalized spacial score (nSPS) is 10.8. The maximum atomic E-state index is 6.14. The lowest BCUT2D eigenvalue weighted by molar-refractivity contribution is 0.789. The van der Waals surface area contributed by atoms with Crippen LogP contribution in [-0.2, 0) is 0 Å². The van der Waals surface area contributed by atoms with Crippen molar-refractivity contribution in [3.05, 3.63) is 51.5 Å². The fourth-order valence-corrected chi connectivity index (χ4v) is 2.67. The Kier molecular flexibility index (Phi) is 3.65. The Labute approximate surface area is 134 Å². The highest BCUT2D eigenvalue weighted by Gasteiger charge is 2.16. The molecule has 2 N–H and O–H groups in total. The van der Waals surface area contributed by atoms with Crippen molar-refractivity contribution in [2.24, 2.45) is 0 Å². The van der Waals surface area contributed by atoms with E-state index in [4.69, 9.17) is 17.3 Å². The van der Waals surface area contributed by atoms with Crippen LogP contribution in [-0.4, -0.2) is 20.2 Å². The summed E-state index contributed by atoms with van der Waals surface area (Å²) in [6, 6.07) is 11.2. The van der Waals surface area contributed by atoms with Crippen LogP contribution in [0.3, 0.4) is 0 Å². The number of nitrogens with zero attached hydrogens (tertiary/aromatic N) is 4. The van der Waals surface area contributed by atoms with E-state index in [2.05, 4.69) is 31.5 Å². The number of rotatable bonds is 2. The molecular weight excluding hydrogens is 354 g/mol. The van der Waals surface area contributed by atoms with Crippen LogP contribution in [0.5, 0.6) is 0 Å². The Bertz CT molecular complexity index is 749. The zero-order valence-corrected chi connectivity index (χ0v) is 13.4. The average Bonchev–Trinajstić information content (AvgIpc) is 2.94. The van der Waals surface area contributed by atoms with Crippen molar-refractivity contribution in [3.8, 4) is 17.1 Å². The summed E-state index contributed by atoms with van der Waals surface area (Å²) in [5.41, 5.74) is 9.25. The minimum Gasteiger partial charge on any atom is -0.398 e. The second-order valence-electron chi connectivity index (χ2n) is 4.51. The average molecular weight is 365 g/mol. The van der Waals surface area contributed by atoms with Gasteiger partial charge in [-0.15, -0.1) is 5.10 Å². The van der Waals surface area contributed by atoms with Gasteiger partial charge in [-0.1, -0.05) is 29.8 Å². The van der Waals surface area contributed by atoms with Gasteiger partial charge >= 0.3 is 0 Å². The van der Waals surface area contributed by atoms with Crippen LogP contribution in [0.25, 0.3) is 17.1 Å². The Morgan fingerprint density at radius 2 is 1.95 bits per heavy atom. The number of halogens is 2. The molecule has 0 bridgehead atoms. The van der Waals surface area contributed by atoms with E-state index in [1.165, 1.54) is 0 Å². The van der Waals surface area contributed by atoms with Gasteiger partial charge in [-0.25, -0.2) is 0 Å². The summed E-state index contributed by atoms with van der Waals surface area (Å²) in [4.78, 5) is 0. The van der Waals surface area contributed by atoms with Crippen molar-refractivity contribution in [2.45, 2.75) is 6.92 Å². The minimum absolute atomic E-state index is 0.596. The molecule has 3 aromatic rings. The summed E-state index contributed by atoms with van der Waals surface area (Å²) >= 11 is 9.61. The second kappa shape index (κ2) is 5.46. The van der Waals surface area contributed by atoms with Crippen molar-refractivity contribution in [3.63, 3.8) is 0 Å². The SMILES string of the molecule is Cc1c(N)cccc1-c1nnnn1-c1cccc(Cl)c1Br. The molecule has 0 radical (unpaired) electrons. The molecule has 0 saturated carbocycles. The number of hydrogen-bond donors (Lipinski definition) is 1. The molecule has 0 spiro atoms. The quantitative estimate of drug-likeness (QED) is 0.705. The number of tetrazole rings is 1. The van der Waals surface area contributed by atoms with Crippen LogP contribution in [0.2, 0.25) is 5.02 Å². The molecular formula is C14H11BrClN5. The van der Waals surface area contributed by atoms with Gasteiger partial charge in [0.15, 0.2) is 5.82 Å². The monoisotopic (exact) mass is 363 g/mol. The van der Waals surface area contributed by atoms with Gasteiger partial charge in [0, 0.05) is 11.3 Å². The predicted molar refractivity (Wildman–Crippen MR) is 86.4 cm³/mol. The maximum Gasteiger partial charge on any atom is 0.187 e. The van der Waals surface area contributed by atoms with Crippen LogP contribution in [0.4, 0.5) is 5.69 Å². The van der Waals surface area contributed by atoms with E-state index in [1.54, 1.807) is 10.7 Å². The molecule has 0 aliphatic rings. The zero-order chi connectivity index (χ0) is 15.0. The van der Waals surface area contributed by atoms with Crippen LogP contribution in [0.15, 0.2) is 40.9 Å². The lowest BCUT2D eigenvalue weighted by atomic mass is 10.1. The van der Waals surface area contributed by atoms with Gasteiger partial charge in [0.05, 0.1) is 15.2 Å². The highest BCUT2D eigenvalue weighted by atomic mass is 79.9. The smallest absolute Gasteiger partial charge is 0.187 e. The van der Waals surface area contributed by atoms with Gasteiger partial charge in [-0.05, 0) is 57.0 Å². The van der Waals surface area contributed by atoms with Gasteiger partial charge in [0.25, 0.3) is 0 Å². The summed E-state index contributed by atoms with van der Waals surface area (Å²) in [6.07, 6.45) is 0. The summed E-state index contributed by atoms with van der Waals surface area (Å²) < 4.78 is 2.37. The molecule has 0 unspecified atom stereocenters. The van der Waals surface area contributed by atoms with Crippen LogP contribution < -0.4 is 5.73 Å². The molecule has 2 aromatic carbocycles. The lowest BCUT2D eigenvalue weighted by Gasteiger charge is -2.10. The lowest BCUT2D eigenvalue weighted by Crippen LogP contribution is -2.03. The summed E-state index contributed by atoms with van der Waals surface area (Å²) in [5.74, 6) is 0.614. The van der Waals surface area contributed by atoms with Gasteiger partial charge in [-0.2, -0.15) is 4.68 Å².